The van der Waals surface area contributed by atoms with Gasteiger partial charge in [0.2, 0.25) is 0 Å². The van der Waals surface area contributed by atoms with Gasteiger partial charge in [-0.25, -0.2) is 4.99 Å². The topological polar surface area (TPSA) is 15.6 Å². The zero-order chi connectivity index (χ0) is 9.84. The summed E-state index contributed by atoms with van der Waals surface area (Å²) in [5.41, 5.74) is 1.93. The lowest BCUT2D eigenvalue weighted by Gasteiger charge is -2.05. The predicted octanol–water partition coefficient (Wildman–Crippen LogP) is 2.87. The van der Waals surface area contributed by atoms with Crippen molar-refractivity contribution in [3.63, 3.8) is 0 Å². The normalized spacial score (nSPS) is 10.8. The molecule has 0 aromatic heterocycles. The van der Waals surface area contributed by atoms with Gasteiger partial charge in [0.1, 0.15) is 0 Å². The Labute approximate surface area is 83.8 Å². The van der Waals surface area contributed by atoms with Gasteiger partial charge in [-0.15, -0.1) is 0 Å². The molecule has 0 bridgehead atoms. The first kappa shape index (κ1) is 10.1. The second-order valence-electron chi connectivity index (χ2n) is 3.11. The molecule has 0 fully saturated rings. The van der Waals surface area contributed by atoms with Gasteiger partial charge in [0.05, 0.1) is 17.0 Å². The molecule has 0 N–H and O–H groups in total. The lowest BCUT2D eigenvalue weighted by molar-refractivity contribution is 0.643. The molecule has 0 radical (unpaired) electrons. The number of aryl methyl sites for hydroxylation is 1. The number of benzene rings is 1. The summed E-state index contributed by atoms with van der Waals surface area (Å²) >= 11 is 5.98. The molecule has 0 unspecified atom stereocenters. The summed E-state index contributed by atoms with van der Waals surface area (Å²) in [4.78, 5) is 6.15. The molecule has 0 amide bonds. The first-order valence-electron chi connectivity index (χ1n) is 4.07. The van der Waals surface area contributed by atoms with Gasteiger partial charge in [-0.2, -0.15) is 0 Å². The number of para-hydroxylation sites is 1. The first-order chi connectivity index (χ1) is 6.11. The van der Waals surface area contributed by atoms with Crippen LogP contribution in [0.3, 0.4) is 0 Å². The Kier molecular flexibility index (Phi) is 3.32. The Hall–Kier alpha value is -1.02. The van der Waals surface area contributed by atoms with E-state index in [9.17, 15) is 0 Å². The van der Waals surface area contributed by atoms with Gasteiger partial charge in [0.15, 0.2) is 0 Å². The van der Waals surface area contributed by atoms with Crippen molar-refractivity contribution in [1.82, 2.24) is 4.90 Å². The maximum absolute atomic E-state index is 5.98. The Morgan fingerprint density at radius 1 is 1.38 bits per heavy atom. The molecule has 0 atom stereocenters. The molecule has 1 aromatic rings. The van der Waals surface area contributed by atoms with Gasteiger partial charge >= 0.3 is 0 Å². The highest BCUT2D eigenvalue weighted by Crippen LogP contribution is 2.27. The summed E-state index contributed by atoms with van der Waals surface area (Å²) in [6.45, 7) is 1.99. The maximum atomic E-state index is 5.98. The average Bonchev–Trinajstić information content (AvgIpc) is 2.03. The van der Waals surface area contributed by atoms with E-state index in [4.69, 9.17) is 11.6 Å². The molecule has 0 aliphatic carbocycles. The van der Waals surface area contributed by atoms with Gasteiger partial charge in [-0.1, -0.05) is 23.7 Å². The highest BCUT2D eigenvalue weighted by atomic mass is 35.5. The summed E-state index contributed by atoms with van der Waals surface area (Å²) in [5, 5.41) is 0.693. The van der Waals surface area contributed by atoms with E-state index >= 15 is 0 Å². The fraction of sp³-hybridized carbons (Fsp3) is 0.300. The minimum atomic E-state index is 0.693. The van der Waals surface area contributed by atoms with E-state index in [-0.39, 0.29) is 0 Å². The van der Waals surface area contributed by atoms with Crippen molar-refractivity contribution >= 4 is 23.6 Å². The summed E-state index contributed by atoms with van der Waals surface area (Å²) < 4.78 is 0. The predicted molar refractivity (Wildman–Crippen MR) is 58.0 cm³/mol. The van der Waals surface area contributed by atoms with Crippen LogP contribution in [-0.2, 0) is 0 Å². The zero-order valence-corrected chi connectivity index (χ0v) is 8.84. The Morgan fingerprint density at radius 2 is 2.08 bits per heavy atom. The molecule has 2 nitrogen and oxygen atoms in total. The summed E-state index contributed by atoms with van der Waals surface area (Å²) in [6, 6.07) is 5.76. The monoisotopic (exact) mass is 196 g/mol. The summed E-state index contributed by atoms with van der Waals surface area (Å²) in [7, 11) is 3.85. The fourth-order valence-corrected chi connectivity index (χ4v) is 1.23. The van der Waals surface area contributed by atoms with Crippen molar-refractivity contribution in [2.75, 3.05) is 14.1 Å². The smallest absolute Gasteiger partial charge is 0.0907 e. The van der Waals surface area contributed by atoms with Gasteiger partial charge in [0.25, 0.3) is 0 Å². The molecule has 70 valence electrons. The third-order valence-corrected chi connectivity index (χ3v) is 1.91. The number of hydrogen-bond donors (Lipinski definition) is 0. The van der Waals surface area contributed by atoms with Crippen molar-refractivity contribution < 1.29 is 0 Å². The maximum Gasteiger partial charge on any atom is 0.0907 e. The molecule has 0 saturated heterocycles. The van der Waals surface area contributed by atoms with Crippen LogP contribution in [0.5, 0.6) is 0 Å². The third-order valence-electron chi connectivity index (χ3n) is 1.61. The van der Waals surface area contributed by atoms with E-state index in [2.05, 4.69) is 4.99 Å². The van der Waals surface area contributed by atoms with E-state index in [0.29, 0.717) is 5.02 Å². The molecule has 1 rings (SSSR count). The molecule has 0 aliphatic heterocycles. The van der Waals surface area contributed by atoms with Gasteiger partial charge < -0.3 is 4.90 Å². The van der Waals surface area contributed by atoms with Crippen LogP contribution in [0.2, 0.25) is 5.02 Å². The number of aliphatic imine (C=N–C) groups is 1. The van der Waals surface area contributed by atoms with Crippen LogP contribution in [0.4, 0.5) is 5.69 Å². The van der Waals surface area contributed by atoms with Crippen molar-refractivity contribution in [1.29, 1.82) is 0 Å². The number of halogens is 1. The second-order valence-corrected chi connectivity index (χ2v) is 3.52. The van der Waals surface area contributed by atoms with E-state index in [1.165, 1.54) is 0 Å². The standard InChI is InChI=1S/C10H13ClN2/c1-8-5-4-6-9(11)10(8)12-7-13(2)3/h4-7H,1-3H3. The zero-order valence-electron chi connectivity index (χ0n) is 8.08. The van der Waals surface area contributed by atoms with Crippen molar-refractivity contribution in [3.05, 3.63) is 28.8 Å². The minimum absolute atomic E-state index is 0.693. The minimum Gasteiger partial charge on any atom is -0.369 e. The highest BCUT2D eigenvalue weighted by Gasteiger charge is 1.99. The van der Waals surface area contributed by atoms with Crippen molar-refractivity contribution in [3.8, 4) is 0 Å². The van der Waals surface area contributed by atoms with Crippen LogP contribution < -0.4 is 0 Å². The average molecular weight is 197 g/mol. The van der Waals surface area contributed by atoms with Crippen LogP contribution in [-0.4, -0.2) is 25.3 Å². The van der Waals surface area contributed by atoms with Gasteiger partial charge in [-0.3, -0.25) is 0 Å². The quantitative estimate of drug-likeness (QED) is 0.525. The van der Waals surface area contributed by atoms with Gasteiger partial charge in [-0.05, 0) is 18.6 Å². The Bertz CT molecular complexity index is 298. The van der Waals surface area contributed by atoms with Crippen LogP contribution in [0, 0.1) is 6.92 Å². The molecular formula is C10H13ClN2. The first-order valence-corrected chi connectivity index (χ1v) is 4.45. The van der Waals surface area contributed by atoms with Gasteiger partial charge in [0, 0.05) is 14.1 Å². The lowest BCUT2D eigenvalue weighted by atomic mass is 10.2. The van der Waals surface area contributed by atoms with E-state index < -0.39 is 0 Å². The second kappa shape index (κ2) is 4.28. The Morgan fingerprint density at radius 3 is 2.62 bits per heavy atom. The molecule has 0 saturated carbocycles. The van der Waals surface area contributed by atoms with Crippen LogP contribution >= 0.6 is 11.6 Å². The number of rotatable bonds is 2. The fourth-order valence-electron chi connectivity index (χ4n) is 0.960. The third kappa shape index (κ3) is 2.74. The van der Waals surface area contributed by atoms with Crippen LogP contribution in [0.25, 0.3) is 0 Å². The number of nitrogens with zero attached hydrogens (tertiary/aromatic N) is 2. The van der Waals surface area contributed by atoms with Crippen molar-refractivity contribution in [2.45, 2.75) is 6.92 Å². The molecule has 0 aliphatic rings. The Balaban J connectivity index is 3.00. The van der Waals surface area contributed by atoms with E-state index in [0.717, 1.165) is 11.3 Å². The molecule has 0 heterocycles. The summed E-state index contributed by atoms with van der Waals surface area (Å²) in [5.74, 6) is 0. The highest BCUT2D eigenvalue weighted by molar-refractivity contribution is 6.33. The molecule has 1 aromatic carbocycles. The SMILES string of the molecule is Cc1cccc(Cl)c1N=CN(C)C. The van der Waals surface area contributed by atoms with E-state index in [1.54, 1.807) is 6.34 Å². The largest absolute Gasteiger partial charge is 0.369 e. The molecule has 13 heavy (non-hydrogen) atoms. The van der Waals surface area contributed by atoms with E-state index in [1.807, 2.05) is 44.1 Å². The van der Waals surface area contributed by atoms with Crippen molar-refractivity contribution in [2.24, 2.45) is 4.99 Å². The van der Waals surface area contributed by atoms with Crippen LogP contribution in [0.15, 0.2) is 23.2 Å². The molecular weight excluding hydrogens is 184 g/mol. The molecule has 0 spiro atoms. The number of hydrogen-bond acceptors (Lipinski definition) is 1. The molecule has 3 heteroatoms. The lowest BCUT2D eigenvalue weighted by Crippen LogP contribution is -2.07. The van der Waals surface area contributed by atoms with Crippen LogP contribution in [0.1, 0.15) is 5.56 Å². The summed E-state index contributed by atoms with van der Waals surface area (Å²) in [6.07, 6.45) is 1.74.